The Morgan fingerprint density at radius 2 is 2.15 bits per heavy atom. The van der Waals surface area contributed by atoms with E-state index in [0.717, 1.165) is 10.9 Å². The minimum atomic E-state index is -0.998. The molecule has 138 valence electrons. The number of aryl methyl sites for hydroxylation is 1. The van der Waals surface area contributed by atoms with Crippen molar-refractivity contribution in [2.45, 2.75) is 45.3 Å². The Kier molecular flexibility index (Phi) is 4.97. The average Bonchev–Trinajstić information content (AvgIpc) is 3.09. The van der Waals surface area contributed by atoms with Gasteiger partial charge in [0.2, 0.25) is 0 Å². The molecule has 2 atom stereocenters. The van der Waals surface area contributed by atoms with Crippen LogP contribution in [0.5, 0.6) is 5.75 Å². The number of amides is 1. The number of hydrogen-bond donors (Lipinski definition) is 1. The van der Waals surface area contributed by atoms with Crippen LogP contribution in [-0.4, -0.2) is 40.6 Å². The average molecular weight is 359 g/mol. The number of carbonyl (C=O) groups excluding carboxylic acids is 1. The smallest absolute Gasteiger partial charge is 0.336 e. The van der Waals surface area contributed by atoms with Gasteiger partial charge in [-0.15, -0.1) is 0 Å². The first-order valence-corrected chi connectivity index (χ1v) is 8.67. The van der Waals surface area contributed by atoms with Gasteiger partial charge < -0.3 is 19.2 Å². The van der Waals surface area contributed by atoms with Crippen molar-refractivity contribution >= 4 is 22.8 Å². The van der Waals surface area contributed by atoms with E-state index in [-0.39, 0.29) is 5.91 Å². The van der Waals surface area contributed by atoms with E-state index in [0.29, 0.717) is 37.1 Å². The predicted octanol–water partition coefficient (Wildman–Crippen LogP) is 2.20. The summed E-state index contributed by atoms with van der Waals surface area (Å²) in [5, 5.41) is 10.0. The number of aliphatic carboxylic acids is 1. The van der Waals surface area contributed by atoms with Crippen LogP contribution in [0.25, 0.3) is 11.0 Å². The summed E-state index contributed by atoms with van der Waals surface area (Å²) in [5.41, 5.74) is 0.848. The SMILES string of the molecule is CCc1cc(=O)oc2cc(O[C@H](C)C(=O)N3CCC[C@@H]3C(=O)O)ccc12. The number of benzene rings is 1. The van der Waals surface area contributed by atoms with E-state index in [2.05, 4.69) is 0 Å². The molecule has 0 radical (unpaired) electrons. The minimum absolute atomic E-state index is 0.362. The van der Waals surface area contributed by atoms with Crippen LogP contribution in [-0.2, 0) is 16.0 Å². The van der Waals surface area contributed by atoms with Gasteiger partial charge in [0, 0.05) is 24.1 Å². The molecule has 1 aromatic carbocycles. The first-order chi connectivity index (χ1) is 12.4. The van der Waals surface area contributed by atoms with Crippen LogP contribution in [0.2, 0.25) is 0 Å². The maximum Gasteiger partial charge on any atom is 0.336 e. The van der Waals surface area contributed by atoms with Crippen LogP contribution in [0.3, 0.4) is 0 Å². The predicted molar refractivity (Wildman–Crippen MR) is 94.3 cm³/mol. The Bertz CT molecular complexity index is 903. The monoisotopic (exact) mass is 359 g/mol. The molecule has 1 N–H and O–H groups in total. The second-order valence-electron chi connectivity index (χ2n) is 6.39. The highest BCUT2D eigenvalue weighted by atomic mass is 16.5. The van der Waals surface area contributed by atoms with Crippen molar-refractivity contribution in [1.29, 1.82) is 0 Å². The summed E-state index contributed by atoms with van der Waals surface area (Å²) >= 11 is 0. The van der Waals surface area contributed by atoms with Crippen LogP contribution < -0.4 is 10.4 Å². The van der Waals surface area contributed by atoms with Gasteiger partial charge in [-0.05, 0) is 43.9 Å². The first kappa shape index (κ1) is 18.0. The number of carboxylic acids is 1. The zero-order valence-corrected chi connectivity index (χ0v) is 14.7. The molecular formula is C19H21NO6. The molecule has 1 aliphatic rings. The van der Waals surface area contributed by atoms with Gasteiger partial charge in [0.25, 0.3) is 5.91 Å². The normalized spacial score (nSPS) is 18.1. The van der Waals surface area contributed by atoms with Crippen molar-refractivity contribution < 1.29 is 23.8 Å². The second-order valence-corrected chi connectivity index (χ2v) is 6.39. The molecule has 0 saturated carbocycles. The van der Waals surface area contributed by atoms with Crippen molar-refractivity contribution in [1.82, 2.24) is 4.90 Å². The molecule has 1 amide bonds. The summed E-state index contributed by atoms with van der Waals surface area (Å²) in [6.07, 6.45) is 0.974. The largest absolute Gasteiger partial charge is 0.481 e. The van der Waals surface area contributed by atoms with Crippen molar-refractivity contribution in [3.8, 4) is 5.75 Å². The maximum absolute atomic E-state index is 12.5. The summed E-state index contributed by atoms with van der Waals surface area (Å²) in [6, 6.07) is 5.76. The topological polar surface area (TPSA) is 97.0 Å². The van der Waals surface area contributed by atoms with E-state index < -0.39 is 23.7 Å². The van der Waals surface area contributed by atoms with Gasteiger partial charge in [-0.2, -0.15) is 0 Å². The Morgan fingerprint density at radius 3 is 2.85 bits per heavy atom. The van der Waals surface area contributed by atoms with Crippen LogP contribution in [0.1, 0.15) is 32.3 Å². The van der Waals surface area contributed by atoms with Crippen LogP contribution in [0, 0.1) is 0 Å². The van der Waals surface area contributed by atoms with Gasteiger partial charge >= 0.3 is 11.6 Å². The zero-order valence-electron chi connectivity index (χ0n) is 14.7. The van der Waals surface area contributed by atoms with Gasteiger partial charge in [0.1, 0.15) is 17.4 Å². The van der Waals surface area contributed by atoms with Crippen molar-refractivity contribution in [2.24, 2.45) is 0 Å². The molecule has 2 aromatic rings. The number of hydrogen-bond acceptors (Lipinski definition) is 5. The van der Waals surface area contributed by atoms with E-state index in [1.54, 1.807) is 25.1 Å². The fraction of sp³-hybridized carbons (Fsp3) is 0.421. The quantitative estimate of drug-likeness (QED) is 0.822. The highest BCUT2D eigenvalue weighted by molar-refractivity contribution is 5.87. The van der Waals surface area contributed by atoms with Gasteiger partial charge in [0.15, 0.2) is 6.10 Å². The number of nitrogens with zero attached hydrogens (tertiary/aromatic N) is 1. The third-order valence-corrected chi connectivity index (χ3v) is 4.66. The Labute approximate surface area is 150 Å². The number of ether oxygens (including phenoxy) is 1. The molecule has 7 nitrogen and oxygen atoms in total. The lowest BCUT2D eigenvalue weighted by Gasteiger charge is -2.25. The molecule has 1 aliphatic heterocycles. The highest BCUT2D eigenvalue weighted by Crippen LogP contribution is 2.25. The summed E-state index contributed by atoms with van der Waals surface area (Å²) in [5.74, 6) is -0.970. The fourth-order valence-electron chi connectivity index (χ4n) is 3.35. The van der Waals surface area contributed by atoms with Gasteiger partial charge in [-0.3, -0.25) is 4.79 Å². The lowest BCUT2D eigenvalue weighted by atomic mass is 10.1. The molecule has 3 rings (SSSR count). The molecule has 2 heterocycles. The zero-order chi connectivity index (χ0) is 18.8. The molecule has 0 unspecified atom stereocenters. The summed E-state index contributed by atoms with van der Waals surface area (Å²) in [4.78, 5) is 36.8. The number of rotatable bonds is 5. The third kappa shape index (κ3) is 3.42. The molecule has 1 fully saturated rings. The second kappa shape index (κ2) is 7.19. The third-order valence-electron chi connectivity index (χ3n) is 4.66. The summed E-state index contributed by atoms with van der Waals surface area (Å²) in [7, 11) is 0. The van der Waals surface area contributed by atoms with Crippen LogP contribution in [0.15, 0.2) is 33.5 Å². The maximum atomic E-state index is 12.5. The number of fused-ring (bicyclic) bond motifs is 1. The van der Waals surface area contributed by atoms with E-state index in [9.17, 15) is 19.5 Å². The summed E-state index contributed by atoms with van der Waals surface area (Å²) in [6.45, 7) is 3.95. The van der Waals surface area contributed by atoms with Crippen LogP contribution in [0.4, 0.5) is 0 Å². The number of carbonyl (C=O) groups is 2. The molecule has 1 aromatic heterocycles. The van der Waals surface area contributed by atoms with Crippen molar-refractivity contribution in [3.63, 3.8) is 0 Å². The van der Waals surface area contributed by atoms with E-state index in [1.165, 1.54) is 11.0 Å². The van der Waals surface area contributed by atoms with E-state index in [4.69, 9.17) is 9.15 Å². The molecular weight excluding hydrogens is 338 g/mol. The van der Waals surface area contributed by atoms with E-state index >= 15 is 0 Å². The summed E-state index contributed by atoms with van der Waals surface area (Å²) < 4.78 is 10.9. The Balaban J connectivity index is 1.81. The van der Waals surface area contributed by atoms with E-state index in [1.807, 2.05) is 6.92 Å². The van der Waals surface area contributed by atoms with Crippen molar-refractivity contribution in [3.05, 3.63) is 40.2 Å². The van der Waals surface area contributed by atoms with Gasteiger partial charge in [0.05, 0.1) is 0 Å². The van der Waals surface area contributed by atoms with Crippen molar-refractivity contribution in [2.75, 3.05) is 6.54 Å². The molecule has 1 saturated heterocycles. The van der Waals surface area contributed by atoms with Gasteiger partial charge in [-0.25, -0.2) is 9.59 Å². The van der Waals surface area contributed by atoms with Gasteiger partial charge in [-0.1, -0.05) is 6.92 Å². The van der Waals surface area contributed by atoms with Crippen LogP contribution >= 0.6 is 0 Å². The molecule has 0 aliphatic carbocycles. The first-order valence-electron chi connectivity index (χ1n) is 8.67. The number of likely N-dealkylation sites (tertiary alicyclic amines) is 1. The highest BCUT2D eigenvalue weighted by Gasteiger charge is 2.36. The molecule has 26 heavy (non-hydrogen) atoms. The standard InChI is InChI=1S/C19H21NO6/c1-3-12-9-17(21)26-16-10-13(6-7-14(12)16)25-11(2)18(22)20-8-4-5-15(20)19(23)24/h6-7,9-11,15H,3-5,8H2,1-2H3,(H,23,24)/t11-,15-/m1/s1. The Morgan fingerprint density at radius 1 is 1.38 bits per heavy atom. The molecule has 0 bridgehead atoms. The molecule has 0 spiro atoms. The number of carboxylic acid groups (broad SMARTS) is 1. The minimum Gasteiger partial charge on any atom is -0.481 e. The Hall–Kier alpha value is -2.83. The lowest BCUT2D eigenvalue weighted by Crippen LogP contribution is -2.46. The lowest BCUT2D eigenvalue weighted by molar-refractivity contribution is -0.150. The molecule has 7 heteroatoms. The fourth-order valence-corrected chi connectivity index (χ4v) is 3.35.